The highest BCUT2D eigenvalue weighted by Crippen LogP contribution is 2.47. The van der Waals surface area contributed by atoms with Crippen molar-refractivity contribution in [2.24, 2.45) is 5.41 Å². The normalized spacial score (nSPS) is 17.4. The molecule has 2 aromatic carbocycles. The second kappa shape index (κ2) is 5.27. The summed E-state index contributed by atoms with van der Waals surface area (Å²) in [6, 6.07) is 15.8. The van der Waals surface area contributed by atoms with E-state index in [9.17, 15) is 4.79 Å². The van der Waals surface area contributed by atoms with Gasteiger partial charge in [-0.15, -0.1) is 0 Å². The molecule has 0 saturated carbocycles. The maximum absolute atomic E-state index is 13.5. The molecule has 0 radical (unpaired) electrons. The number of allylic oxidation sites excluding steroid dienone is 1. The summed E-state index contributed by atoms with van der Waals surface area (Å²) < 4.78 is 0.996. The Morgan fingerprint density at radius 3 is 2.54 bits per heavy atom. The van der Waals surface area contributed by atoms with E-state index in [4.69, 9.17) is 4.98 Å². The number of nitrogens with zero attached hydrogens (tertiary/aromatic N) is 2. The summed E-state index contributed by atoms with van der Waals surface area (Å²) >= 11 is 3.48. The fourth-order valence-electron chi connectivity index (χ4n) is 4.06. The quantitative estimate of drug-likeness (QED) is 0.530. The van der Waals surface area contributed by atoms with Crippen molar-refractivity contribution in [2.75, 3.05) is 4.90 Å². The molecule has 3 nitrogen and oxygen atoms in total. The van der Waals surface area contributed by atoms with Crippen molar-refractivity contribution in [3.8, 4) is 0 Å². The van der Waals surface area contributed by atoms with Crippen LogP contribution in [0.4, 0.5) is 5.69 Å². The minimum Gasteiger partial charge on any atom is -0.277 e. The van der Waals surface area contributed by atoms with Gasteiger partial charge in [0.2, 0.25) is 0 Å². The third-order valence-electron chi connectivity index (χ3n) is 5.12. The number of rotatable bonds is 1. The first kappa shape index (κ1) is 15.8. The summed E-state index contributed by atoms with van der Waals surface area (Å²) in [5, 5.41) is 0.932. The molecule has 0 fully saturated rings. The molecule has 2 aliphatic rings. The Labute approximate surface area is 160 Å². The number of hydrogen-bond donors (Lipinski definition) is 0. The van der Waals surface area contributed by atoms with Gasteiger partial charge in [-0.2, -0.15) is 0 Å². The van der Waals surface area contributed by atoms with Gasteiger partial charge in [-0.25, -0.2) is 0 Å². The molecule has 0 spiro atoms. The van der Waals surface area contributed by atoms with Crippen molar-refractivity contribution in [3.05, 3.63) is 75.9 Å². The molecule has 3 aromatic rings. The van der Waals surface area contributed by atoms with Crippen LogP contribution < -0.4 is 4.90 Å². The average molecular weight is 405 g/mol. The number of carbonyl (C=O) groups excluding carboxylic acids is 1. The number of halogens is 1. The molecule has 0 atom stereocenters. The molecule has 1 aromatic heterocycles. The zero-order valence-corrected chi connectivity index (χ0v) is 16.2. The van der Waals surface area contributed by atoms with Crippen molar-refractivity contribution >= 4 is 44.1 Å². The second-order valence-electron chi connectivity index (χ2n) is 7.64. The van der Waals surface area contributed by atoms with E-state index in [2.05, 4.69) is 35.9 Å². The van der Waals surface area contributed by atoms with Gasteiger partial charge in [-0.1, -0.05) is 54.1 Å². The Hall–Kier alpha value is -2.46. The maximum Gasteiger partial charge on any atom is 0.264 e. The zero-order valence-electron chi connectivity index (χ0n) is 14.6. The van der Waals surface area contributed by atoms with E-state index in [1.165, 1.54) is 0 Å². The molecule has 2 heterocycles. The Balaban J connectivity index is 1.84. The van der Waals surface area contributed by atoms with Crippen LogP contribution in [0.25, 0.3) is 16.6 Å². The van der Waals surface area contributed by atoms with Gasteiger partial charge in [0.1, 0.15) is 0 Å². The number of pyridine rings is 1. The van der Waals surface area contributed by atoms with Crippen LogP contribution in [0.1, 0.15) is 35.5 Å². The van der Waals surface area contributed by atoms with E-state index in [1.54, 1.807) is 0 Å². The van der Waals surface area contributed by atoms with Crippen molar-refractivity contribution < 1.29 is 4.79 Å². The van der Waals surface area contributed by atoms with Crippen LogP contribution in [-0.2, 0) is 6.42 Å². The Bertz CT molecular complexity index is 1110. The third kappa shape index (κ3) is 2.18. The first-order valence-corrected chi connectivity index (χ1v) is 9.49. The number of carbonyl (C=O) groups is 1. The Morgan fingerprint density at radius 2 is 1.77 bits per heavy atom. The zero-order chi connectivity index (χ0) is 18.1. The molecular weight excluding hydrogens is 388 g/mol. The molecular formula is C22H17BrN2O. The molecule has 1 aliphatic carbocycles. The minimum atomic E-state index is -0.0483. The number of para-hydroxylation sites is 1. The van der Waals surface area contributed by atoms with Crippen molar-refractivity contribution in [1.29, 1.82) is 0 Å². The van der Waals surface area contributed by atoms with Crippen molar-refractivity contribution in [1.82, 2.24) is 4.98 Å². The average Bonchev–Trinajstić information content (AvgIpc) is 2.88. The highest BCUT2D eigenvalue weighted by atomic mass is 79.9. The van der Waals surface area contributed by atoms with E-state index < -0.39 is 0 Å². The number of hydrogen-bond acceptors (Lipinski definition) is 2. The van der Waals surface area contributed by atoms with Gasteiger partial charge in [0.15, 0.2) is 0 Å². The highest BCUT2D eigenvalue weighted by Gasteiger charge is 2.41. The lowest BCUT2D eigenvalue weighted by Crippen LogP contribution is -2.26. The monoisotopic (exact) mass is 404 g/mol. The fraction of sp³-hybridized carbons (Fsp3) is 0.182. The van der Waals surface area contributed by atoms with E-state index in [0.717, 1.165) is 50.0 Å². The number of amides is 1. The van der Waals surface area contributed by atoms with Gasteiger partial charge in [-0.3, -0.25) is 14.7 Å². The van der Waals surface area contributed by atoms with Gasteiger partial charge >= 0.3 is 0 Å². The van der Waals surface area contributed by atoms with Crippen LogP contribution in [0.15, 0.2) is 59.1 Å². The predicted molar refractivity (Wildman–Crippen MR) is 108 cm³/mol. The van der Waals surface area contributed by atoms with Gasteiger partial charge in [0, 0.05) is 21.1 Å². The number of benzene rings is 2. The number of aromatic nitrogens is 1. The molecule has 0 saturated heterocycles. The van der Waals surface area contributed by atoms with Gasteiger partial charge < -0.3 is 0 Å². The van der Waals surface area contributed by atoms with E-state index >= 15 is 0 Å². The van der Waals surface area contributed by atoms with Gasteiger partial charge in [0.05, 0.1) is 22.5 Å². The first-order chi connectivity index (χ1) is 12.4. The minimum absolute atomic E-state index is 0.0334. The van der Waals surface area contributed by atoms with Crippen molar-refractivity contribution in [3.63, 3.8) is 0 Å². The molecule has 1 aliphatic heterocycles. The van der Waals surface area contributed by atoms with Crippen LogP contribution in [0, 0.1) is 5.41 Å². The standard InChI is InChI=1S/C22H17BrN2O/c1-22(2)11-17-20-18(12-22)25(14-9-7-13(23)8-10-14)21(26)19(20)15-5-3-4-6-16(15)24-17/h3-10,12H,11H2,1-2H3. The molecule has 128 valence electrons. The smallest absolute Gasteiger partial charge is 0.264 e. The van der Waals surface area contributed by atoms with Crippen LogP contribution in [0.2, 0.25) is 0 Å². The molecule has 1 amide bonds. The highest BCUT2D eigenvalue weighted by molar-refractivity contribution is 9.10. The van der Waals surface area contributed by atoms with Crippen LogP contribution >= 0.6 is 15.9 Å². The van der Waals surface area contributed by atoms with Gasteiger partial charge in [-0.05, 0) is 42.2 Å². The summed E-state index contributed by atoms with van der Waals surface area (Å²) in [5.41, 5.74) is 5.52. The molecule has 0 bridgehead atoms. The van der Waals surface area contributed by atoms with Crippen LogP contribution in [0.3, 0.4) is 0 Å². The Kier molecular flexibility index (Phi) is 3.20. The maximum atomic E-state index is 13.5. The summed E-state index contributed by atoms with van der Waals surface area (Å²) in [4.78, 5) is 20.3. The first-order valence-electron chi connectivity index (χ1n) is 8.69. The van der Waals surface area contributed by atoms with E-state index in [1.807, 2.05) is 53.4 Å². The van der Waals surface area contributed by atoms with Gasteiger partial charge in [0.25, 0.3) is 5.91 Å². The summed E-state index contributed by atoms with van der Waals surface area (Å²) in [6.45, 7) is 4.39. The number of fused-ring (bicyclic) bond motifs is 2. The topological polar surface area (TPSA) is 33.2 Å². The molecule has 4 heteroatoms. The lowest BCUT2D eigenvalue weighted by molar-refractivity contribution is 0.101. The van der Waals surface area contributed by atoms with Crippen LogP contribution in [-0.4, -0.2) is 10.9 Å². The molecule has 0 N–H and O–H groups in total. The van der Waals surface area contributed by atoms with Crippen molar-refractivity contribution in [2.45, 2.75) is 20.3 Å². The Morgan fingerprint density at radius 1 is 1.04 bits per heavy atom. The summed E-state index contributed by atoms with van der Waals surface area (Å²) in [7, 11) is 0. The summed E-state index contributed by atoms with van der Waals surface area (Å²) in [6.07, 6.45) is 3.06. The third-order valence-corrected chi connectivity index (χ3v) is 5.65. The molecule has 26 heavy (non-hydrogen) atoms. The molecule has 0 unspecified atom stereocenters. The second-order valence-corrected chi connectivity index (χ2v) is 8.55. The SMILES string of the molecule is CC1(C)C=C2c3c(nc4ccccc4c3C(=O)N2c2ccc(Br)cc2)C1. The fourth-order valence-corrected chi connectivity index (χ4v) is 4.32. The predicted octanol–water partition coefficient (Wildman–Crippen LogP) is 5.58. The van der Waals surface area contributed by atoms with E-state index in [0.29, 0.717) is 0 Å². The van der Waals surface area contributed by atoms with Crippen LogP contribution in [0.5, 0.6) is 0 Å². The lowest BCUT2D eigenvalue weighted by atomic mass is 9.79. The largest absolute Gasteiger partial charge is 0.277 e. The summed E-state index contributed by atoms with van der Waals surface area (Å²) in [5.74, 6) is 0.0334. The lowest BCUT2D eigenvalue weighted by Gasteiger charge is -2.30. The van der Waals surface area contributed by atoms with E-state index in [-0.39, 0.29) is 11.3 Å². The number of anilines is 1. The molecule has 5 rings (SSSR count).